The van der Waals surface area contributed by atoms with Crippen LogP contribution in [0.25, 0.3) is 11.4 Å². The fraction of sp³-hybridized carbons (Fsp3) is 0.211. The lowest BCUT2D eigenvalue weighted by Crippen LogP contribution is -2.39. The van der Waals surface area contributed by atoms with E-state index < -0.39 is 29.5 Å². The van der Waals surface area contributed by atoms with Crippen molar-refractivity contribution in [3.05, 3.63) is 65.8 Å². The van der Waals surface area contributed by atoms with Crippen molar-refractivity contribution >= 4 is 11.8 Å². The molecule has 3 rings (SSSR count). The molecule has 0 aliphatic carbocycles. The minimum Gasteiger partial charge on any atom is -0.357 e. The number of hydrogen-bond acceptors (Lipinski definition) is 6. The summed E-state index contributed by atoms with van der Waals surface area (Å²) in [5, 5.41) is 8.73. The Bertz CT molecular complexity index is 1010. The predicted molar refractivity (Wildman–Crippen MR) is 97.2 cm³/mol. The summed E-state index contributed by atoms with van der Waals surface area (Å²) >= 11 is 0. The largest absolute Gasteiger partial charge is 0.357 e. The summed E-state index contributed by atoms with van der Waals surface area (Å²) in [4.78, 5) is 32.5. The van der Waals surface area contributed by atoms with E-state index in [0.29, 0.717) is 5.82 Å². The van der Waals surface area contributed by atoms with Crippen LogP contribution in [-0.4, -0.2) is 34.0 Å². The van der Waals surface area contributed by atoms with Crippen LogP contribution in [0.3, 0.4) is 0 Å². The number of likely N-dealkylation sites (N-methyl/N-ethyl adjacent to an activating group) is 1. The van der Waals surface area contributed by atoms with E-state index >= 15 is 0 Å². The van der Waals surface area contributed by atoms with Crippen LogP contribution >= 0.6 is 0 Å². The number of aryl methyl sites for hydroxylation is 1. The van der Waals surface area contributed by atoms with Gasteiger partial charge in [0.1, 0.15) is 6.04 Å². The fourth-order valence-corrected chi connectivity index (χ4v) is 2.56. The van der Waals surface area contributed by atoms with Crippen molar-refractivity contribution < 1.29 is 22.9 Å². The van der Waals surface area contributed by atoms with E-state index in [1.54, 1.807) is 24.5 Å². The SMILES string of the molecule is CNC(=O)C(NC(=O)CCc1nc(-c2ccncc2)no1)c1ccc(F)c(F)c1. The molecule has 1 atom stereocenters. The summed E-state index contributed by atoms with van der Waals surface area (Å²) in [6.45, 7) is 0. The van der Waals surface area contributed by atoms with Crippen molar-refractivity contribution in [1.29, 1.82) is 0 Å². The number of nitrogens with zero attached hydrogens (tertiary/aromatic N) is 3. The zero-order valence-corrected chi connectivity index (χ0v) is 15.4. The molecule has 1 aromatic carbocycles. The minimum atomic E-state index is -1.17. The molecule has 0 radical (unpaired) electrons. The molecule has 8 nitrogen and oxygen atoms in total. The maximum atomic E-state index is 13.5. The third kappa shape index (κ3) is 4.98. The zero-order valence-electron chi connectivity index (χ0n) is 15.4. The highest BCUT2D eigenvalue weighted by atomic mass is 19.2. The molecular formula is C19H17F2N5O3. The smallest absolute Gasteiger partial charge is 0.246 e. The standard InChI is InChI=1S/C19H17F2N5O3/c1-22-19(28)17(12-2-3-13(20)14(21)10-12)24-15(27)4-5-16-25-18(26-29-16)11-6-8-23-9-7-11/h2-3,6-10,17H,4-5H2,1H3,(H,22,28)(H,24,27). The Morgan fingerprint density at radius 1 is 1.14 bits per heavy atom. The first-order chi connectivity index (χ1) is 14.0. The number of nitrogens with one attached hydrogen (secondary N) is 2. The van der Waals surface area contributed by atoms with E-state index in [2.05, 4.69) is 25.8 Å². The normalized spacial score (nSPS) is 11.7. The number of benzene rings is 1. The molecule has 2 amide bonds. The van der Waals surface area contributed by atoms with Crippen LogP contribution in [0.2, 0.25) is 0 Å². The van der Waals surface area contributed by atoms with Crippen LogP contribution in [-0.2, 0) is 16.0 Å². The van der Waals surface area contributed by atoms with Crippen molar-refractivity contribution in [3.63, 3.8) is 0 Å². The summed E-state index contributed by atoms with van der Waals surface area (Å²) in [6.07, 6.45) is 3.28. The molecule has 2 N–H and O–H groups in total. The molecule has 0 aliphatic heterocycles. The average Bonchev–Trinajstić information content (AvgIpc) is 3.22. The lowest BCUT2D eigenvalue weighted by atomic mass is 10.1. The van der Waals surface area contributed by atoms with Crippen molar-refractivity contribution in [2.45, 2.75) is 18.9 Å². The highest BCUT2D eigenvalue weighted by Gasteiger charge is 2.23. The van der Waals surface area contributed by atoms with Gasteiger partial charge in [0.15, 0.2) is 11.6 Å². The second kappa shape index (κ2) is 9.00. The van der Waals surface area contributed by atoms with Gasteiger partial charge in [0.25, 0.3) is 0 Å². The monoisotopic (exact) mass is 401 g/mol. The number of halogens is 2. The molecule has 0 spiro atoms. The second-order valence-electron chi connectivity index (χ2n) is 6.04. The Balaban J connectivity index is 1.64. The van der Waals surface area contributed by atoms with Gasteiger partial charge in [-0.05, 0) is 29.8 Å². The third-order valence-corrected chi connectivity index (χ3v) is 4.06. The van der Waals surface area contributed by atoms with Gasteiger partial charge < -0.3 is 15.2 Å². The highest BCUT2D eigenvalue weighted by Crippen LogP contribution is 2.18. The molecule has 0 aliphatic rings. The summed E-state index contributed by atoms with van der Waals surface area (Å²) < 4.78 is 31.8. The van der Waals surface area contributed by atoms with Crippen molar-refractivity contribution in [2.24, 2.45) is 0 Å². The van der Waals surface area contributed by atoms with Gasteiger partial charge in [-0.3, -0.25) is 14.6 Å². The number of aromatic nitrogens is 3. The number of carbonyl (C=O) groups excluding carboxylic acids is 2. The van der Waals surface area contributed by atoms with Gasteiger partial charge in [0.2, 0.25) is 23.5 Å². The van der Waals surface area contributed by atoms with Crippen molar-refractivity contribution in [3.8, 4) is 11.4 Å². The van der Waals surface area contributed by atoms with Crippen molar-refractivity contribution in [1.82, 2.24) is 25.8 Å². The first-order valence-corrected chi connectivity index (χ1v) is 8.67. The summed E-state index contributed by atoms with van der Waals surface area (Å²) in [5.74, 6) is -2.60. The van der Waals surface area contributed by atoms with Crippen LogP contribution in [0.15, 0.2) is 47.2 Å². The zero-order chi connectivity index (χ0) is 20.8. The van der Waals surface area contributed by atoms with Gasteiger partial charge in [-0.1, -0.05) is 11.2 Å². The molecular weight excluding hydrogens is 384 g/mol. The summed E-state index contributed by atoms with van der Waals surface area (Å²) in [6, 6.07) is 5.27. The highest BCUT2D eigenvalue weighted by molar-refractivity contribution is 5.88. The minimum absolute atomic E-state index is 0.0465. The lowest BCUT2D eigenvalue weighted by Gasteiger charge is -2.17. The molecule has 1 unspecified atom stereocenters. The van der Waals surface area contributed by atoms with Crippen molar-refractivity contribution in [2.75, 3.05) is 7.05 Å². The van der Waals surface area contributed by atoms with Crippen LogP contribution in [0.5, 0.6) is 0 Å². The first-order valence-electron chi connectivity index (χ1n) is 8.67. The quantitative estimate of drug-likeness (QED) is 0.626. The number of hydrogen-bond donors (Lipinski definition) is 2. The molecule has 150 valence electrons. The molecule has 2 heterocycles. The summed E-state index contributed by atoms with van der Waals surface area (Å²) in [5.41, 5.74) is 0.840. The summed E-state index contributed by atoms with van der Waals surface area (Å²) in [7, 11) is 1.38. The number of pyridine rings is 1. The molecule has 2 aromatic heterocycles. The van der Waals surface area contributed by atoms with Gasteiger partial charge in [-0.25, -0.2) is 8.78 Å². The van der Waals surface area contributed by atoms with Gasteiger partial charge in [0, 0.05) is 37.8 Å². The Morgan fingerprint density at radius 2 is 1.90 bits per heavy atom. The molecule has 0 saturated carbocycles. The first kappa shape index (κ1) is 20.1. The Morgan fingerprint density at radius 3 is 2.59 bits per heavy atom. The Labute approximate surface area is 164 Å². The molecule has 0 bridgehead atoms. The van der Waals surface area contributed by atoms with Crippen LogP contribution in [0, 0.1) is 11.6 Å². The second-order valence-corrected chi connectivity index (χ2v) is 6.04. The number of carbonyl (C=O) groups is 2. The fourth-order valence-electron chi connectivity index (χ4n) is 2.56. The predicted octanol–water partition coefficient (Wildman–Crippen LogP) is 1.95. The van der Waals surface area contributed by atoms with E-state index in [-0.39, 0.29) is 24.3 Å². The van der Waals surface area contributed by atoms with Crippen LogP contribution in [0.1, 0.15) is 23.9 Å². The van der Waals surface area contributed by atoms with E-state index in [0.717, 1.165) is 17.7 Å². The lowest BCUT2D eigenvalue weighted by molar-refractivity contribution is -0.128. The van der Waals surface area contributed by atoms with Gasteiger partial charge in [-0.2, -0.15) is 4.98 Å². The third-order valence-electron chi connectivity index (χ3n) is 4.06. The van der Waals surface area contributed by atoms with Gasteiger partial charge >= 0.3 is 0 Å². The molecule has 0 saturated heterocycles. The molecule has 29 heavy (non-hydrogen) atoms. The van der Waals surface area contributed by atoms with Crippen LogP contribution in [0.4, 0.5) is 8.78 Å². The number of amides is 2. The Hall–Kier alpha value is -3.69. The van der Waals surface area contributed by atoms with E-state index in [1.165, 1.54) is 13.1 Å². The Kier molecular flexibility index (Phi) is 6.22. The maximum absolute atomic E-state index is 13.5. The van der Waals surface area contributed by atoms with Gasteiger partial charge in [0.05, 0.1) is 0 Å². The van der Waals surface area contributed by atoms with E-state index in [9.17, 15) is 18.4 Å². The van der Waals surface area contributed by atoms with E-state index in [1.807, 2.05) is 0 Å². The average molecular weight is 401 g/mol. The molecule has 10 heteroatoms. The molecule has 3 aromatic rings. The topological polar surface area (TPSA) is 110 Å². The molecule has 0 fully saturated rings. The van der Waals surface area contributed by atoms with Crippen LogP contribution < -0.4 is 10.6 Å². The van der Waals surface area contributed by atoms with Gasteiger partial charge in [-0.15, -0.1) is 0 Å². The maximum Gasteiger partial charge on any atom is 0.246 e. The number of rotatable bonds is 7. The van der Waals surface area contributed by atoms with E-state index in [4.69, 9.17) is 4.52 Å².